The van der Waals surface area contributed by atoms with Gasteiger partial charge in [0.05, 0.1) is 18.7 Å². The van der Waals surface area contributed by atoms with Gasteiger partial charge in [-0.1, -0.05) is 12.8 Å². The molecular formula is C15H22BrNO2. The van der Waals surface area contributed by atoms with Gasteiger partial charge in [-0.05, 0) is 47.3 Å². The molecule has 0 heterocycles. The fourth-order valence-corrected chi connectivity index (χ4v) is 4.07. The number of aryl methyl sites for hydroxylation is 1. The van der Waals surface area contributed by atoms with Crippen LogP contribution < -0.4 is 15.2 Å². The van der Waals surface area contributed by atoms with Crippen molar-refractivity contribution < 1.29 is 9.47 Å². The third-order valence-electron chi connectivity index (χ3n) is 4.28. The topological polar surface area (TPSA) is 44.5 Å². The highest BCUT2D eigenvalue weighted by Crippen LogP contribution is 2.50. The first kappa shape index (κ1) is 14.7. The molecule has 1 saturated carbocycles. The van der Waals surface area contributed by atoms with E-state index in [0.29, 0.717) is 6.54 Å². The molecule has 1 aromatic carbocycles. The first-order valence-electron chi connectivity index (χ1n) is 6.71. The van der Waals surface area contributed by atoms with Gasteiger partial charge in [-0.25, -0.2) is 0 Å². The number of methoxy groups -OCH3 is 2. The third kappa shape index (κ3) is 2.36. The summed E-state index contributed by atoms with van der Waals surface area (Å²) < 4.78 is 12.1. The second kappa shape index (κ2) is 5.71. The molecule has 0 amide bonds. The molecule has 0 unspecified atom stereocenters. The van der Waals surface area contributed by atoms with Crippen molar-refractivity contribution in [3.63, 3.8) is 0 Å². The summed E-state index contributed by atoms with van der Waals surface area (Å²) in [4.78, 5) is 0. The lowest BCUT2D eigenvalue weighted by atomic mass is 9.76. The van der Waals surface area contributed by atoms with Crippen molar-refractivity contribution in [3.8, 4) is 11.5 Å². The average molecular weight is 328 g/mol. The molecule has 106 valence electrons. The lowest BCUT2D eigenvalue weighted by Crippen LogP contribution is -2.33. The van der Waals surface area contributed by atoms with Crippen LogP contribution in [0.15, 0.2) is 10.5 Å². The van der Waals surface area contributed by atoms with E-state index >= 15 is 0 Å². The Balaban J connectivity index is 2.67. The largest absolute Gasteiger partial charge is 0.492 e. The zero-order valence-electron chi connectivity index (χ0n) is 11.9. The fourth-order valence-electron chi connectivity index (χ4n) is 3.38. The number of hydrogen-bond acceptors (Lipinski definition) is 3. The molecule has 1 fully saturated rings. The molecular weight excluding hydrogens is 306 g/mol. The molecule has 2 N–H and O–H groups in total. The summed E-state index contributed by atoms with van der Waals surface area (Å²) in [6.07, 6.45) is 4.73. The predicted octanol–water partition coefficient (Wildman–Crippen LogP) is 3.55. The van der Waals surface area contributed by atoms with E-state index in [2.05, 4.69) is 28.9 Å². The van der Waals surface area contributed by atoms with E-state index in [4.69, 9.17) is 15.2 Å². The molecule has 2 rings (SSSR count). The van der Waals surface area contributed by atoms with Crippen LogP contribution in [0.2, 0.25) is 0 Å². The summed E-state index contributed by atoms with van der Waals surface area (Å²) in [5, 5.41) is 0. The Hall–Kier alpha value is -0.740. The molecule has 0 radical (unpaired) electrons. The van der Waals surface area contributed by atoms with Gasteiger partial charge in [-0.15, -0.1) is 0 Å². The summed E-state index contributed by atoms with van der Waals surface area (Å²) in [6.45, 7) is 2.78. The molecule has 4 heteroatoms. The predicted molar refractivity (Wildman–Crippen MR) is 81.2 cm³/mol. The molecule has 0 aliphatic heterocycles. The Kier molecular flexibility index (Phi) is 4.41. The lowest BCUT2D eigenvalue weighted by molar-refractivity contribution is 0.334. The average Bonchev–Trinajstić information content (AvgIpc) is 2.87. The van der Waals surface area contributed by atoms with Crippen LogP contribution in [0.1, 0.15) is 36.8 Å². The van der Waals surface area contributed by atoms with Crippen molar-refractivity contribution in [2.24, 2.45) is 5.73 Å². The van der Waals surface area contributed by atoms with Crippen molar-refractivity contribution in [2.45, 2.75) is 38.0 Å². The van der Waals surface area contributed by atoms with E-state index in [1.807, 2.05) is 0 Å². The van der Waals surface area contributed by atoms with Crippen LogP contribution >= 0.6 is 15.9 Å². The minimum atomic E-state index is 0.0450. The van der Waals surface area contributed by atoms with Crippen LogP contribution in [0.4, 0.5) is 0 Å². The highest BCUT2D eigenvalue weighted by molar-refractivity contribution is 9.10. The van der Waals surface area contributed by atoms with E-state index in [0.717, 1.165) is 28.8 Å². The quantitative estimate of drug-likeness (QED) is 0.919. The summed E-state index contributed by atoms with van der Waals surface area (Å²) >= 11 is 3.54. The fraction of sp³-hybridized carbons (Fsp3) is 0.600. The number of nitrogens with two attached hydrogens (primary N) is 1. The van der Waals surface area contributed by atoms with Crippen molar-refractivity contribution in [2.75, 3.05) is 20.8 Å². The van der Waals surface area contributed by atoms with Gasteiger partial charge >= 0.3 is 0 Å². The molecule has 19 heavy (non-hydrogen) atoms. The lowest BCUT2D eigenvalue weighted by Gasteiger charge is -2.32. The first-order chi connectivity index (χ1) is 9.09. The molecule has 1 aromatic rings. The van der Waals surface area contributed by atoms with Crippen molar-refractivity contribution >= 4 is 15.9 Å². The van der Waals surface area contributed by atoms with Crippen LogP contribution in [0, 0.1) is 6.92 Å². The van der Waals surface area contributed by atoms with Crippen molar-refractivity contribution in [3.05, 3.63) is 21.7 Å². The number of halogens is 1. The highest BCUT2D eigenvalue weighted by Gasteiger charge is 2.39. The van der Waals surface area contributed by atoms with Gasteiger partial charge in [0.1, 0.15) is 0 Å². The zero-order valence-corrected chi connectivity index (χ0v) is 13.5. The maximum atomic E-state index is 6.11. The van der Waals surface area contributed by atoms with Gasteiger partial charge in [-0.3, -0.25) is 0 Å². The first-order valence-corrected chi connectivity index (χ1v) is 7.50. The maximum Gasteiger partial charge on any atom is 0.175 e. The Bertz CT molecular complexity index is 468. The monoisotopic (exact) mass is 327 g/mol. The second-order valence-corrected chi connectivity index (χ2v) is 6.16. The van der Waals surface area contributed by atoms with Crippen molar-refractivity contribution in [1.29, 1.82) is 0 Å². The third-order valence-corrected chi connectivity index (χ3v) is 4.87. The summed E-state index contributed by atoms with van der Waals surface area (Å²) in [5.41, 5.74) is 8.61. The Morgan fingerprint density at radius 2 is 1.79 bits per heavy atom. The van der Waals surface area contributed by atoms with Gasteiger partial charge in [0.25, 0.3) is 0 Å². The summed E-state index contributed by atoms with van der Waals surface area (Å²) in [6, 6.07) is 2.10. The Labute approximate surface area is 123 Å². The summed E-state index contributed by atoms with van der Waals surface area (Å²) in [7, 11) is 3.37. The standard InChI is InChI=1S/C15H22BrNO2/c1-10-8-11(16)13(18-2)14(19-3)12(10)15(9-17)6-4-5-7-15/h8H,4-7,9,17H2,1-3H3. The molecule has 0 saturated heterocycles. The van der Waals surface area contributed by atoms with Crippen LogP contribution in [0.3, 0.4) is 0 Å². The molecule has 0 spiro atoms. The number of benzene rings is 1. The number of hydrogen-bond donors (Lipinski definition) is 1. The zero-order chi connectivity index (χ0) is 14.0. The molecule has 3 nitrogen and oxygen atoms in total. The smallest absolute Gasteiger partial charge is 0.175 e. The van der Waals surface area contributed by atoms with Gasteiger partial charge < -0.3 is 15.2 Å². The van der Waals surface area contributed by atoms with Gasteiger partial charge in [0.2, 0.25) is 0 Å². The van der Waals surface area contributed by atoms with Crippen LogP contribution in [-0.4, -0.2) is 20.8 Å². The van der Waals surface area contributed by atoms with Crippen LogP contribution in [-0.2, 0) is 5.41 Å². The molecule has 1 aliphatic rings. The van der Waals surface area contributed by atoms with E-state index in [-0.39, 0.29) is 5.41 Å². The van der Waals surface area contributed by atoms with Crippen LogP contribution in [0.5, 0.6) is 11.5 Å². The maximum absolute atomic E-state index is 6.11. The van der Waals surface area contributed by atoms with E-state index in [1.165, 1.54) is 24.0 Å². The second-order valence-electron chi connectivity index (χ2n) is 5.31. The Morgan fingerprint density at radius 3 is 2.26 bits per heavy atom. The van der Waals surface area contributed by atoms with E-state index in [9.17, 15) is 0 Å². The van der Waals surface area contributed by atoms with Crippen molar-refractivity contribution in [1.82, 2.24) is 0 Å². The number of ether oxygens (including phenoxy) is 2. The molecule has 0 bridgehead atoms. The normalized spacial score (nSPS) is 17.5. The van der Waals surface area contributed by atoms with Crippen LogP contribution in [0.25, 0.3) is 0 Å². The van der Waals surface area contributed by atoms with Gasteiger partial charge in [-0.2, -0.15) is 0 Å². The highest BCUT2D eigenvalue weighted by atomic mass is 79.9. The SMILES string of the molecule is COc1c(Br)cc(C)c(C2(CN)CCCC2)c1OC. The minimum absolute atomic E-state index is 0.0450. The minimum Gasteiger partial charge on any atom is -0.492 e. The summed E-state index contributed by atoms with van der Waals surface area (Å²) in [5.74, 6) is 1.60. The molecule has 1 aliphatic carbocycles. The van der Waals surface area contributed by atoms with Gasteiger partial charge in [0.15, 0.2) is 11.5 Å². The van der Waals surface area contributed by atoms with Gasteiger partial charge in [0, 0.05) is 17.5 Å². The van der Waals surface area contributed by atoms with E-state index < -0.39 is 0 Å². The molecule has 0 atom stereocenters. The molecule has 0 aromatic heterocycles. The van der Waals surface area contributed by atoms with E-state index in [1.54, 1.807) is 14.2 Å². The Morgan fingerprint density at radius 1 is 1.21 bits per heavy atom. The number of rotatable bonds is 4.